The first-order valence-electron chi connectivity index (χ1n) is 6.43. The van der Waals surface area contributed by atoms with Crippen LogP contribution >= 0.6 is 22.9 Å². The quantitative estimate of drug-likeness (QED) is 0.769. The highest BCUT2D eigenvalue weighted by molar-refractivity contribution is 7.90. The molecule has 1 aromatic rings. The molecule has 0 aromatic carbocycles. The fourth-order valence-corrected chi connectivity index (χ4v) is 3.75. The number of thiophene rings is 1. The number of hydrogen-bond donors (Lipinski definition) is 2. The molecular formula is C12H19ClN2O2S2. The van der Waals surface area contributed by atoms with Gasteiger partial charge in [0.05, 0.1) is 9.59 Å². The molecule has 2 N–H and O–H groups in total. The molecule has 1 unspecified atom stereocenters. The van der Waals surface area contributed by atoms with Crippen LogP contribution < -0.4 is 10.0 Å². The lowest BCUT2D eigenvalue weighted by atomic mass is 10.3. The van der Waals surface area contributed by atoms with Crippen LogP contribution in [0.15, 0.2) is 12.1 Å². The van der Waals surface area contributed by atoms with Crippen LogP contribution in [0.3, 0.4) is 0 Å². The van der Waals surface area contributed by atoms with Crippen LogP contribution in [-0.2, 0) is 16.4 Å². The Labute approximate surface area is 123 Å². The maximum Gasteiger partial charge on any atom is 0.215 e. The van der Waals surface area contributed by atoms with E-state index in [4.69, 9.17) is 11.6 Å². The Morgan fingerprint density at radius 1 is 1.47 bits per heavy atom. The predicted molar refractivity (Wildman–Crippen MR) is 80.4 cm³/mol. The van der Waals surface area contributed by atoms with Crippen LogP contribution in [0.1, 0.15) is 24.6 Å². The highest BCUT2D eigenvalue weighted by Crippen LogP contribution is 2.21. The van der Waals surface area contributed by atoms with Crippen LogP contribution in [-0.4, -0.2) is 32.8 Å². The molecular weight excluding hydrogens is 304 g/mol. The zero-order chi connectivity index (χ0) is 13.9. The lowest BCUT2D eigenvalue weighted by Gasteiger charge is -2.14. The van der Waals surface area contributed by atoms with Crippen molar-refractivity contribution >= 4 is 33.0 Å². The van der Waals surface area contributed by atoms with E-state index in [-0.39, 0.29) is 0 Å². The summed E-state index contributed by atoms with van der Waals surface area (Å²) >= 11 is 7.32. The maximum atomic E-state index is 12.0. The average molecular weight is 323 g/mol. The first-order chi connectivity index (χ1) is 8.97. The molecule has 0 bridgehead atoms. The van der Waals surface area contributed by atoms with Crippen molar-refractivity contribution in [2.24, 2.45) is 0 Å². The lowest BCUT2D eigenvalue weighted by Crippen LogP contribution is -2.40. The van der Waals surface area contributed by atoms with E-state index in [1.54, 1.807) is 6.92 Å². The Balaban J connectivity index is 1.72. The summed E-state index contributed by atoms with van der Waals surface area (Å²) in [4.78, 5) is 1.09. The molecule has 2 rings (SSSR count). The van der Waals surface area contributed by atoms with Crippen LogP contribution in [0, 0.1) is 0 Å². The molecule has 1 heterocycles. The molecule has 7 heteroatoms. The molecule has 108 valence electrons. The van der Waals surface area contributed by atoms with E-state index in [0.717, 1.165) is 9.21 Å². The normalized spacial score (nSPS) is 17.6. The second-order valence-corrected chi connectivity index (χ2v) is 8.87. The summed E-state index contributed by atoms with van der Waals surface area (Å²) in [6, 6.07) is 4.29. The van der Waals surface area contributed by atoms with Crippen molar-refractivity contribution in [2.45, 2.75) is 37.5 Å². The van der Waals surface area contributed by atoms with Gasteiger partial charge in [-0.05, 0) is 38.3 Å². The van der Waals surface area contributed by atoms with Crippen LogP contribution in [0.5, 0.6) is 0 Å². The number of nitrogens with one attached hydrogen (secondary N) is 2. The maximum absolute atomic E-state index is 12.0. The minimum absolute atomic E-state index is 0.403. The van der Waals surface area contributed by atoms with Gasteiger partial charge >= 0.3 is 0 Å². The van der Waals surface area contributed by atoms with Crippen molar-refractivity contribution in [3.05, 3.63) is 21.3 Å². The van der Waals surface area contributed by atoms with E-state index in [9.17, 15) is 8.42 Å². The summed E-state index contributed by atoms with van der Waals surface area (Å²) in [5.41, 5.74) is 0. The van der Waals surface area contributed by atoms with Crippen molar-refractivity contribution in [1.82, 2.24) is 10.0 Å². The highest BCUT2D eigenvalue weighted by Gasteiger charge is 2.25. The number of hydrogen-bond acceptors (Lipinski definition) is 4. The third-order valence-electron chi connectivity index (χ3n) is 3.10. The third-order valence-corrected chi connectivity index (χ3v) is 6.23. The van der Waals surface area contributed by atoms with Gasteiger partial charge in [-0.2, -0.15) is 0 Å². The van der Waals surface area contributed by atoms with E-state index in [2.05, 4.69) is 10.0 Å². The first kappa shape index (κ1) is 15.3. The largest absolute Gasteiger partial charge is 0.313 e. The van der Waals surface area contributed by atoms with E-state index in [0.29, 0.717) is 25.6 Å². The van der Waals surface area contributed by atoms with Gasteiger partial charge in [-0.25, -0.2) is 13.1 Å². The minimum Gasteiger partial charge on any atom is -0.313 e. The Hall–Kier alpha value is -0.140. The van der Waals surface area contributed by atoms with Gasteiger partial charge in [0.1, 0.15) is 0 Å². The monoisotopic (exact) mass is 322 g/mol. The Morgan fingerprint density at radius 2 is 2.21 bits per heavy atom. The molecule has 1 aliphatic carbocycles. The summed E-state index contributed by atoms with van der Waals surface area (Å²) in [5, 5.41) is 2.84. The molecule has 1 saturated carbocycles. The SMILES string of the molecule is CC(CNC1CC1)S(=O)(=O)NCCc1ccc(Cl)s1. The van der Waals surface area contributed by atoms with Gasteiger partial charge in [0.15, 0.2) is 0 Å². The second-order valence-electron chi connectivity index (χ2n) is 4.89. The van der Waals surface area contributed by atoms with Gasteiger partial charge in [0, 0.05) is 24.0 Å². The fraction of sp³-hybridized carbons (Fsp3) is 0.667. The lowest BCUT2D eigenvalue weighted by molar-refractivity contribution is 0.557. The Kier molecular flexibility index (Phi) is 5.25. The Morgan fingerprint density at radius 3 is 2.79 bits per heavy atom. The van der Waals surface area contributed by atoms with Gasteiger partial charge in [0.25, 0.3) is 0 Å². The molecule has 0 saturated heterocycles. The molecule has 0 amide bonds. The molecule has 0 radical (unpaired) electrons. The molecule has 0 spiro atoms. The summed E-state index contributed by atoms with van der Waals surface area (Å²) < 4.78 is 27.4. The van der Waals surface area contributed by atoms with Gasteiger partial charge in [-0.3, -0.25) is 0 Å². The van der Waals surface area contributed by atoms with Crippen molar-refractivity contribution < 1.29 is 8.42 Å². The van der Waals surface area contributed by atoms with Crippen molar-refractivity contribution in [3.8, 4) is 0 Å². The number of sulfonamides is 1. The van der Waals surface area contributed by atoms with Crippen molar-refractivity contribution in [1.29, 1.82) is 0 Å². The molecule has 19 heavy (non-hydrogen) atoms. The smallest absolute Gasteiger partial charge is 0.215 e. The predicted octanol–water partition coefficient (Wildman–Crippen LogP) is 2.00. The van der Waals surface area contributed by atoms with Gasteiger partial charge in [-0.15, -0.1) is 11.3 Å². The van der Waals surface area contributed by atoms with Crippen molar-refractivity contribution in [3.63, 3.8) is 0 Å². The molecule has 1 aliphatic rings. The minimum atomic E-state index is -3.23. The third kappa shape index (κ3) is 5.04. The van der Waals surface area contributed by atoms with E-state index < -0.39 is 15.3 Å². The standard InChI is InChI=1S/C12H19ClN2O2S2/c1-9(8-14-10-2-3-10)19(16,17)15-7-6-11-4-5-12(13)18-11/h4-5,9-10,14-15H,2-3,6-8H2,1H3. The van der Waals surface area contributed by atoms with Gasteiger partial charge < -0.3 is 5.32 Å². The number of halogens is 1. The molecule has 1 fully saturated rings. The number of rotatable bonds is 8. The molecule has 1 atom stereocenters. The van der Waals surface area contributed by atoms with E-state index in [1.165, 1.54) is 24.2 Å². The second kappa shape index (κ2) is 6.54. The topological polar surface area (TPSA) is 58.2 Å². The van der Waals surface area contributed by atoms with Crippen LogP contribution in [0.4, 0.5) is 0 Å². The molecule has 0 aliphatic heterocycles. The Bertz CT molecular complexity index is 512. The van der Waals surface area contributed by atoms with E-state index in [1.807, 2.05) is 12.1 Å². The fourth-order valence-electron chi connectivity index (χ4n) is 1.67. The summed E-state index contributed by atoms with van der Waals surface area (Å²) in [5.74, 6) is 0. The molecule has 1 aromatic heterocycles. The van der Waals surface area contributed by atoms with Gasteiger partial charge in [0.2, 0.25) is 10.0 Å². The summed E-state index contributed by atoms with van der Waals surface area (Å²) in [7, 11) is -3.23. The zero-order valence-corrected chi connectivity index (χ0v) is 13.2. The average Bonchev–Trinajstić information content (AvgIpc) is 3.09. The van der Waals surface area contributed by atoms with Crippen LogP contribution in [0.2, 0.25) is 4.34 Å². The van der Waals surface area contributed by atoms with E-state index >= 15 is 0 Å². The first-order valence-corrected chi connectivity index (χ1v) is 9.17. The summed E-state index contributed by atoms with van der Waals surface area (Å²) in [6.45, 7) is 2.68. The summed E-state index contributed by atoms with van der Waals surface area (Å²) in [6.07, 6.45) is 3.01. The van der Waals surface area contributed by atoms with Crippen molar-refractivity contribution in [2.75, 3.05) is 13.1 Å². The zero-order valence-electron chi connectivity index (χ0n) is 10.9. The molecule has 4 nitrogen and oxygen atoms in total. The van der Waals surface area contributed by atoms with Crippen LogP contribution in [0.25, 0.3) is 0 Å². The highest BCUT2D eigenvalue weighted by atomic mass is 35.5. The van der Waals surface area contributed by atoms with Gasteiger partial charge in [-0.1, -0.05) is 11.6 Å².